The quantitative estimate of drug-likeness (QED) is 0.212. The van der Waals surface area contributed by atoms with Gasteiger partial charge >= 0.3 is 6.03 Å². The number of urea groups is 1. The van der Waals surface area contributed by atoms with E-state index < -0.39 is 6.03 Å². The fraction of sp³-hybridized carbons (Fsp3) is 0.0769. The van der Waals surface area contributed by atoms with Gasteiger partial charge in [-0.05, 0) is 43.3 Å². The van der Waals surface area contributed by atoms with Crippen LogP contribution < -0.4 is 15.5 Å². The summed E-state index contributed by atoms with van der Waals surface area (Å²) in [5.74, 6) is 0.710. The molecule has 0 unspecified atom stereocenters. The van der Waals surface area contributed by atoms with Gasteiger partial charge in [0.2, 0.25) is 0 Å². The molecule has 2 aromatic carbocycles. The average molecular weight is 553 g/mol. The van der Waals surface area contributed by atoms with Crippen LogP contribution in [0.5, 0.6) is 0 Å². The molecule has 3 heterocycles. The topological polar surface area (TPSA) is 87.5 Å². The van der Waals surface area contributed by atoms with Gasteiger partial charge in [-0.15, -0.1) is 0 Å². The van der Waals surface area contributed by atoms with E-state index in [4.69, 9.17) is 39.8 Å². The second kappa shape index (κ2) is 10.6. The lowest BCUT2D eigenvalue weighted by Crippen LogP contribution is -2.20. The number of amides is 2. The summed E-state index contributed by atoms with van der Waals surface area (Å²) in [5.41, 5.74) is 4.13. The van der Waals surface area contributed by atoms with Crippen molar-refractivity contribution in [3.63, 3.8) is 0 Å². The average Bonchev–Trinajstić information content (AvgIpc) is 3.37. The third-order valence-corrected chi connectivity index (χ3v) is 6.61. The van der Waals surface area contributed by atoms with E-state index >= 15 is 0 Å². The van der Waals surface area contributed by atoms with Crippen molar-refractivity contribution >= 4 is 69.4 Å². The number of imidazole rings is 1. The van der Waals surface area contributed by atoms with Crippen molar-refractivity contribution < 1.29 is 4.79 Å². The van der Waals surface area contributed by atoms with Crippen LogP contribution in [0.25, 0.3) is 16.9 Å². The van der Waals surface area contributed by atoms with Gasteiger partial charge in [0.25, 0.3) is 0 Å². The highest BCUT2D eigenvalue weighted by Gasteiger charge is 2.17. The number of benzene rings is 2. The molecule has 0 radical (unpaired) electrons. The first-order valence-electron chi connectivity index (χ1n) is 11.3. The summed E-state index contributed by atoms with van der Waals surface area (Å²) >= 11 is 18.2. The van der Waals surface area contributed by atoms with Gasteiger partial charge in [0.15, 0.2) is 11.5 Å². The molecule has 2 amide bonds. The van der Waals surface area contributed by atoms with Crippen LogP contribution in [0.1, 0.15) is 6.92 Å². The van der Waals surface area contributed by atoms with E-state index in [2.05, 4.69) is 32.4 Å². The minimum Gasteiger partial charge on any atom is -0.323 e. The number of nitrogens with one attached hydrogen (secondary N) is 2. The number of pyridine rings is 1. The Morgan fingerprint density at radius 2 is 1.76 bits per heavy atom. The van der Waals surface area contributed by atoms with Crippen LogP contribution in [0.4, 0.5) is 27.7 Å². The molecule has 0 atom stereocenters. The predicted octanol–water partition coefficient (Wildman–Crippen LogP) is 7.55. The van der Waals surface area contributed by atoms with Crippen LogP contribution in [-0.2, 0) is 0 Å². The van der Waals surface area contributed by atoms with Gasteiger partial charge < -0.3 is 19.9 Å². The summed E-state index contributed by atoms with van der Waals surface area (Å²) in [5, 5.41) is 6.38. The Balaban J connectivity index is 1.45. The van der Waals surface area contributed by atoms with Crippen molar-refractivity contribution in [1.29, 1.82) is 0 Å². The van der Waals surface area contributed by atoms with Gasteiger partial charge in [-0.1, -0.05) is 46.9 Å². The summed E-state index contributed by atoms with van der Waals surface area (Å²) in [6.07, 6.45) is 9.01. The molecule has 5 rings (SSSR count). The number of nitrogens with zero attached hydrogens (tertiary/aromatic N) is 5. The molecule has 37 heavy (non-hydrogen) atoms. The molecule has 0 aliphatic rings. The minimum atomic E-state index is -0.481. The van der Waals surface area contributed by atoms with Crippen molar-refractivity contribution in [1.82, 2.24) is 19.4 Å². The van der Waals surface area contributed by atoms with Gasteiger partial charge in [-0.3, -0.25) is 4.98 Å². The lowest BCUT2D eigenvalue weighted by molar-refractivity contribution is 0.262. The summed E-state index contributed by atoms with van der Waals surface area (Å²) in [7, 11) is 0. The van der Waals surface area contributed by atoms with Gasteiger partial charge in [0.1, 0.15) is 0 Å². The molecule has 11 heteroatoms. The van der Waals surface area contributed by atoms with E-state index in [0.29, 0.717) is 34.5 Å². The van der Waals surface area contributed by atoms with E-state index in [1.165, 1.54) is 12.1 Å². The SMILES string of the molecule is CCN(c1ccncc1)c1nc(-c2cccc(NC(=O)Nc3cc(Cl)c(Cl)cc3Cl)c2)cn2ccnc12. The maximum absolute atomic E-state index is 12.7. The van der Waals surface area contributed by atoms with Crippen LogP contribution in [0.2, 0.25) is 15.1 Å². The maximum Gasteiger partial charge on any atom is 0.323 e. The monoisotopic (exact) mass is 551 g/mol. The maximum atomic E-state index is 12.7. The highest BCUT2D eigenvalue weighted by atomic mass is 35.5. The second-order valence-corrected chi connectivity index (χ2v) is 9.19. The largest absolute Gasteiger partial charge is 0.323 e. The zero-order valence-electron chi connectivity index (χ0n) is 19.5. The van der Waals surface area contributed by atoms with E-state index in [9.17, 15) is 4.79 Å². The molecular weight excluding hydrogens is 533 g/mol. The summed E-state index contributed by atoms with van der Waals surface area (Å²) < 4.78 is 1.93. The summed E-state index contributed by atoms with van der Waals surface area (Å²) in [6, 6.07) is 13.7. The van der Waals surface area contributed by atoms with Crippen molar-refractivity contribution in [2.75, 3.05) is 22.1 Å². The molecule has 0 aliphatic carbocycles. The number of hydrogen-bond donors (Lipinski definition) is 2. The third-order valence-electron chi connectivity index (χ3n) is 5.58. The van der Waals surface area contributed by atoms with E-state index in [-0.39, 0.29) is 10.0 Å². The summed E-state index contributed by atoms with van der Waals surface area (Å²) in [4.78, 5) is 28.3. The molecule has 2 N–H and O–H groups in total. The zero-order valence-corrected chi connectivity index (χ0v) is 21.8. The number of anilines is 4. The fourth-order valence-corrected chi connectivity index (χ4v) is 4.47. The molecule has 0 aliphatic heterocycles. The molecule has 0 bridgehead atoms. The van der Waals surface area contributed by atoms with E-state index in [0.717, 1.165) is 16.9 Å². The normalized spacial score (nSPS) is 10.9. The first kappa shape index (κ1) is 24.8. The van der Waals surface area contributed by atoms with Crippen LogP contribution in [-0.4, -0.2) is 31.9 Å². The Bertz CT molecular complexity index is 1590. The highest BCUT2D eigenvalue weighted by Crippen LogP contribution is 2.33. The van der Waals surface area contributed by atoms with Crippen LogP contribution in [0.3, 0.4) is 0 Å². The molecular formula is C26H20Cl3N7O. The predicted molar refractivity (Wildman–Crippen MR) is 149 cm³/mol. The number of rotatable bonds is 6. The smallest absolute Gasteiger partial charge is 0.323 e. The molecule has 0 spiro atoms. The summed E-state index contributed by atoms with van der Waals surface area (Å²) in [6.45, 7) is 2.74. The Kier molecular flexibility index (Phi) is 7.14. The molecule has 0 fully saturated rings. The first-order chi connectivity index (χ1) is 17.9. The standard InChI is InChI=1S/C26H20Cl3N7O/c1-2-36(18-6-8-30-9-7-18)25-24-31-10-11-35(24)15-23(33-25)16-4-3-5-17(12-16)32-26(37)34-22-14-20(28)19(27)13-21(22)29/h3-15H,2H2,1H3,(H2,32,34,37). The number of carbonyl (C=O) groups excluding carboxylic acids is 1. The molecule has 186 valence electrons. The zero-order chi connectivity index (χ0) is 25.9. The van der Waals surface area contributed by atoms with E-state index in [1.54, 1.807) is 24.7 Å². The van der Waals surface area contributed by atoms with Crippen molar-refractivity contribution in [3.8, 4) is 11.3 Å². The first-order valence-corrected chi connectivity index (χ1v) is 12.4. The van der Waals surface area contributed by atoms with Crippen LogP contribution >= 0.6 is 34.8 Å². The molecule has 8 nitrogen and oxygen atoms in total. The van der Waals surface area contributed by atoms with Crippen molar-refractivity contribution in [2.24, 2.45) is 0 Å². The van der Waals surface area contributed by atoms with Gasteiger partial charge in [-0.25, -0.2) is 14.8 Å². The Morgan fingerprint density at radius 1 is 0.973 bits per heavy atom. The van der Waals surface area contributed by atoms with Gasteiger partial charge in [0.05, 0.1) is 26.4 Å². The second-order valence-electron chi connectivity index (χ2n) is 7.96. The lowest BCUT2D eigenvalue weighted by atomic mass is 10.1. The highest BCUT2D eigenvalue weighted by molar-refractivity contribution is 6.44. The molecule has 0 saturated carbocycles. The minimum absolute atomic E-state index is 0.276. The molecule has 0 saturated heterocycles. The Morgan fingerprint density at radius 3 is 2.54 bits per heavy atom. The number of halogens is 3. The number of carbonyl (C=O) groups is 1. The Hall–Kier alpha value is -3.85. The van der Waals surface area contributed by atoms with E-state index in [1.807, 2.05) is 47.1 Å². The number of aromatic nitrogens is 4. The molecule has 3 aromatic heterocycles. The van der Waals surface area contributed by atoms with Crippen LogP contribution in [0, 0.1) is 0 Å². The number of fused-ring (bicyclic) bond motifs is 1. The number of hydrogen-bond acceptors (Lipinski definition) is 5. The lowest BCUT2D eigenvalue weighted by Gasteiger charge is -2.23. The van der Waals surface area contributed by atoms with Crippen molar-refractivity contribution in [3.05, 3.63) is 94.6 Å². The van der Waals surface area contributed by atoms with Gasteiger partial charge in [-0.2, -0.15) is 0 Å². The van der Waals surface area contributed by atoms with Gasteiger partial charge in [0, 0.05) is 54.5 Å². The Labute approximate surface area is 227 Å². The third kappa shape index (κ3) is 5.32. The van der Waals surface area contributed by atoms with Crippen molar-refractivity contribution in [2.45, 2.75) is 6.92 Å². The molecule has 5 aromatic rings. The van der Waals surface area contributed by atoms with Crippen LogP contribution in [0.15, 0.2) is 79.5 Å². The fourth-order valence-electron chi connectivity index (χ4n) is 3.87.